The normalized spacial score (nSPS) is 44.1. The van der Waals surface area contributed by atoms with Gasteiger partial charge in [-0.15, -0.1) is 11.8 Å². The van der Waals surface area contributed by atoms with Crippen LogP contribution >= 0.6 is 11.8 Å². The average Bonchev–Trinajstić information content (AvgIpc) is 2.60. The van der Waals surface area contributed by atoms with Gasteiger partial charge >= 0.3 is 0 Å². The molecule has 0 aromatic carbocycles. The van der Waals surface area contributed by atoms with E-state index in [1.165, 1.54) is 57.5 Å². The number of rotatable bonds is 0. The molecule has 0 aromatic rings. The van der Waals surface area contributed by atoms with Gasteiger partial charge in [0.05, 0.1) is 4.87 Å². The largest absolute Gasteiger partial charge is 0.301 e. The summed E-state index contributed by atoms with van der Waals surface area (Å²) in [5, 5.41) is 3.81. The molecule has 0 saturated carbocycles. The predicted octanol–water partition coefficient (Wildman–Crippen LogP) is 1.67. The Labute approximate surface area is 90.8 Å². The van der Waals surface area contributed by atoms with Gasteiger partial charge < -0.3 is 5.32 Å². The van der Waals surface area contributed by atoms with Gasteiger partial charge in [0.25, 0.3) is 0 Å². The molecule has 3 aliphatic rings. The van der Waals surface area contributed by atoms with E-state index in [9.17, 15) is 0 Å². The van der Waals surface area contributed by atoms with E-state index in [0.29, 0.717) is 4.87 Å². The van der Waals surface area contributed by atoms with Crippen LogP contribution in [0.3, 0.4) is 0 Å². The summed E-state index contributed by atoms with van der Waals surface area (Å²) in [6.45, 7) is 3.94. The van der Waals surface area contributed by atoms with Crippen LogP contribution in [0.25, 0.3) is 0 Å². The molecule has 0 amide bonds. The molecule has 80 valence electrons. The van der Waals surface area contributed by atoms with Crippen molar-refractivity contribution in [1.82, 2.24) is 10.2 Å². The van der Waals surface area contributed by atoms with Crippen LogP contribution in [0.4, 0.5) is 0 Å². The van der Waals surface area contributed by atoms with E-state index >= 15 is 0 Å². The fourth-order valence-electron chi connectivity index (χ4n) is 3.32. The molecule has 2 unspecified atom stereocenters. The molecule has 0 aliphatic carbocycles. The summed E-state index contributed by atoms with van der Waals surface area (Å²) in [4.78, 5) is 3.19. The number of hydrogen-bond acceptors (Lipinski definition) is 3. The zero-order chi connectivity index (χ0) is 9.43. The summed E-state index contributed by atoms with van der Waals surface area (Å²) >= 11 is 2.21. The Hall–Kier alpha value is 0.270. The van der Waals surface area contributed by atoms with Gasteiger partial charge in [-0.3, -0.25) is 4.90 Å². The second-order valence-electron chi connectivity index (χ2n) is 4.82. The van der Waals surface area contributed by atoms with Gasteiger partial charge in [0, 0.05) is 12.6 Å². The van der Waals surface area contributed by atoms with Crippen LogP contribution in [-0.2, 0) is 0 Å². The highest BCUT2D eigenvalue weighted by Crippen LogP contribution is 2.43. The average molecular weight is 212 g/mol. The summed E-state index contributed by atoms with van der Waals surface area (Å²) in [5.41, 5.74) is 0. The first kappa shape index (κ1) is 9.49. The van der Waals surface area contributed by atoms with Crippen molar-refractivity contribution in [1.29, 1.82) is 0 Å². The molecular formula is C11H20N2S. The zero-order valence-corrected chi connectivity index (χ0v) is 9.61. The maximum absolute atomic E-state index is 3.81. The van der Waals surface area contributed by atoms with Crippen molar-refractivity contribution in [3.63, 3.8) is 0 Å². The SMILES string of the molecule is C1CNC2(CCN3CCCCC32)SC1. The second-order valence-corrected chi connectivity index (χ2v) is 6.24. The fraction of sp³-hybridized carbons (Fsp3) is 1.00. The van der Waals surface area contributed by atoms with Gasteiger partial charge in [-0.05, 0) is 44.5 Å². The molecule has 0 bridgehead atoms. The van der Waals surface area contributed by atoms with Crippen molar-refractivity contribution < 1.29 is 0 Å². The Balaban J connectivity index is 1.78. The van der Waals surface area contributed by atoms with Gasteiger partial charge in [-0.1, -0.05) is 6.42 Å². The third kappa shape index (κ3) is 1.41. The maximum atomic E-state index is 3.81. The van der Waals surface area contributed by atoms with Crippen LogP contribution < -0.4 is 5.32 Å². The predicted molar refractivity (Wildman–Crippen MR) is 61.6 cm³/mol. The minimum Gasteiger partial charge on any atom is -0.301 e. The van der Waals surface area contributed by atoms with Crippen LogP contribution in [0, 0.1) is 0 Å². The number of hydrogen-bond donors (Lipinski definition) is 1. The van der Waals surface area contributed by atoms with Crippen molar-refractivity contribution in [3.8, 4) is 0 Å². The molecule has 14 heavy (non-hydrogen) atoms. The topological polar surface area (TPSA) is 15.3 Å². The molecule has 3 fully saturated rings. The fourth-order valence-corrected chi connectivity index (χ4v) is 4.87. The first-order valence-electron chi connectivity index (χ1n) is 6.04. The summed E-state index contributed by atoms with van der Waals surface area (Å²) in [6.07, 6.45) is 7.05. The summed E-state index contributed by atoms with van der Waals surface area (Å²) in [5.74, 6) is 1.37. The number of thioether (sulfide) groups is 1. The van der Waals surface area contributed by atoms with Gasteiger partial charge in [-0.2, -0.15) is 0 Å². The highest BCUT2D eigenvalue weighted by atomic mass is 32.2. The van der Waals surface area contributed by atoms with Crippen LogP contribution in [0.15, 0.2) is 0 Å². The molecule has 3 saturated heterocycles. The molecule has 3 rings (SSSR count). The van der Waals surface area contributed by atoms with E-state index in [-0.39, 0.29) is 0 Å². The van der Waals surface area contributed by atoms with Crippen molar-refractivity contribution >= 4 is 11.8 Å². The lowest BCUT2D eigenvalue weighted by molar-refractivity contribution is 0.170. The van der Waals surface area contributed by atoms with Gasteiger partial charge in [0.1, 0.15) is 0 Å². The summed E-state index contributed by atoms with van der Waals surface area (Å²) in [7, 11) is 0. The van der Waals surface area contributed by atoms with E-state index in [1.807, 2.05) is 0 Å². The van der Waals surface area contributed by atoms with Crippen molar-refractivity contribution in [2.24, 2.45) is 0 Å². The number of nitrogens with zero attached hydrogens (tertiary/aromatic N) is 1. The molecule has 3 heteroatoms. The first-order chi connectivity index (χ1) is 6.91. The number of piperidine rings is 1. The summed E-state index contributed by atoms with van der Waals surface area (Å²) in [6, 6.07) is 0.849. The van der Waals surface area contributed by atoms with E-state index in [0.717, 1.165) is 6.04 Å². The molecule has 1 N–H and O–H groups in total. The Morgan fingerprint density at radius 3 is 3.07 bits per heavy atom. The first-order valence-corrected chi connectivity index (χ1v) is 7.02. The Morgan fingerprint density at radius 2 is 2.21 bits per heavy atom. The molecule has 0 aromatic heterocycles. The van der Waals surface area contributed by atoms with Crippen LogP contribution in [-0.4, -0.2) is 41.2 Å². The molecular weight excluding hydrogens is 192 g/mol. The van der Waals surface area contributed by atoms with E-state index in [2.05, 4.69) is 22.0 Å². The van der Waals surface area contributed by atoms with Crippen LogP contribution in [0.1, 0.15) is 32.1 Å². The Kier molecular flexibility index (Phi) is 2.50. The molecule has 3 aliphatic heterocycles. The lowest BCUT2D eigenvalue weighted by Crippen LogP contribution is -2.55. The number of nitrogens with one attached hydrogen (secondary N) is 1. The minimum absolute atomic E-state index is 0.457. The van der Waals surface area contributed by atoms with Gasteiger partial charge in [-0.25, -0.2) is 0 Å². The molecule has 3 heterocycles. The van der Waals surface area contributed by atoms with Crippen LogP contribution in [0.2, 0.25) is 0 Å². The minimum atomic E-state index is 0.457. The highest BCUT2D eigenvalue weighted by Gasteiger charge is 2.48. The molecule has 1 spiro atoms. The highest BCUT2D eigenvalue weighted by molar-refractivity contribution is 8.00. The quantitative estimate of drug-likeness (QED) is 0.657. The van der Waals surface area contributed by atoms with E-state index in [1.54, 1.807) is 0 Å². The second kappa shape index (κ2) is 3.69. The Morgan fingerprint density at radius 1 is 1.21 bits per heavy atom. The Bertz CT molecular complexity index is 213. The molecule has 2 nitrogen and oxygen atoms in total. The molecule has 0 radical (unpaired) electrons. The van der Waals surface area contributed by atoms with Gasteiger partial charge in [0.2, 0.25) is 0 Å². The summed E-state index contributed by atoms with van der Waals surface area (Å²) < 4.78 is 0. The zero-order valence-electron chi connectivity index (χ0n) is 8.80. The maximum Gasteiger partial charge on any atom is 0.0814 e. The van der Waals surface area contributed by atoms with E-state index < -0.39 is 0 Å². The van der Waals surface area contributed by atoms with E-state index in [4.69, 9.17) is 0 Å². The van der Waals surface area contributed by atoms with Gasteiger partial charge in [0.15, 0.2) is 0 Å². The monoisotopic (exact) mass is 212 g/mol. The van der Waals surface area contributed by atoms with Crippen LogP contribution in [0.5, 0.6) is 0 Å². The lowest BCUT2D eigenvalue weighted by Gasteiger charge is -2.43. The van der Waals surface area contributed by atoms with Crippen molar-refractivity contribution in [2.75, 3.05) is 25.4 Å². The molecule has 2 atom stereocenters. The third-order valence-corrected chi connectivity index (χ3v) is 5.66. The smallest absolute Gasteiger partial charge is 0.0814 e. The van der Waals surface area contributed by atoms with Crippen molar-refractivity contribution in [3.05, 3.63) is 0 Å². The number of fused-ring (bicyclic) bond motifs is 2. The third-order valence-electron chi connectivity index (χ3n) is 4.03. The standard InChI is InChI=1S/C11H20N2S/c1-2-7-13-8-5-11(10(13)4-1)12-6-3-9-14-11/h10,12H,1-9H2. The lowest BCUT2D eigenvalue weighted by atomic mass is 9.98. The van der Waals surface area contributed by atoms with Crippen molar-refractivity contribution in [2.45, 2.75) is 43.0 Å².